The number of rotatable bonds is 7. The van der Waals surface area contributed by atoms with E-state index in [1.807, 2.05) is 38.1 Å². The Balaban J connectivity index is 0.00000154. The predicted octanol–water partition coefficient (Wildman–Crippen LogP) is 3.98. The zero-order chi connectivity index (χ0) is 14.5. The van der Waals surface area contributed by atoms with Gasteiger partial charge < -0.3 is 9.47 Å². The van der Waals surface area contributed by atoms with Crippen LogP contribution < -0.4 is 0 Å². The Morgan fingerprint density at radius 1 is 1.32 bits per heavy atom. The number of methoxy groups -OCH3 is 1. The molecule has 0 amide bonds. The average molecular weight is 264 g/mol. The van der Waals surface area contributed by atoms with Crippen LogP contribution >= 0.6 is 0 Å². The summed E-state index contributed by atoms with van der Waals surface area (Å²) < 4.78 is 10.2. The Kier molecular flexibility index (Phi) is 10.5. The Morgan fingerprint density at radius 2 is 2.00 bits per heavy atom. The number of hydrogen-bond donors (Lipinski definition) is 0. The second-order valence-corrected chi connectivity index (χ2v) is 3.63. The van der Waals surface area contributed by atoms with Crippen LogP contribution in [0.2, 0.25) is 0 Å². The van der Waals surface area contributed by atoms with Gasteiger partial charge in [-0.1, -0.05) is 38.1 Å². The van der Waals surface area contributed by atoms with E-state index in [1.165, 1.54) is 7.11 Å². The third-order valence-electron chi connectivity index (χ3n) is 2.38. The number of carbonyl (C=O) groups is 1. The van der Waals surface area contributed by atoms with E-state index in [9.17, 15) is 4.79 Å². The van der Waals surface area contributed by atoms with Gasteiger partial charge in [-0.15, -0.1) is 6.58 Å². The molecular formula is C16H24O3. The summed E-state index contributed by atoms with van der Waals surface area (Å²) in [4.78, 5) is 11.5. The Hall–Kier alpha value is -1.61. The number of allylic oxidation sites excluding steroid dienone is 1. The smallest absolute Gasteiger partial charge is 0.338 e. The van der Waals surface area contributed by atoms with Crippen LogP contribution in [0.4, 0.5) is 0 Å². The summed E-state index contributed by atoms with van der Waals surface area (Å²) in [6.07, 6.45) is 3.76. The predicted molar refractivity (Wildman–Crippen MR) is 78.2 cm³/mol. The topological polar surface area (TPSA) is 35.5 Å². The molecule has 0 spiro atoms. The second kappa shape index (κ2) is 11.5. The highest BCUT2D eigenvalue weighted by Gasteiger charge is 2.10. The molecule has 1 rings (SSSR count). The van der Waals surface area contributed by atoms with Gasteiger partial charge in [-0.3, -0.25) is 0 Å². The van der Waals surface area contributed by atoms with Crippen molar-refractivity contribution in [3.8, 4) is 0 Å². The molecule has 1 aromatic carbocycles. The van der Waals surface area contributed by atoms with Crippen molar-refractivity contribution < 1.29 is 14.3 Å². The van der Waals surface area contributed by atoms with Crippen molar-refractivity contribution in [2.75, 3.05) is 13.7 Å². The first-order chi connectivity index (χ1) is 9.29. The van der Waals surface area contributed by atoms with Crippen molar-refractivity contribution in [3.05, 3.63) is 48.0 Å². The van der Waals surface area contributed by atoms with Gasteiger partial charge in [-0.2, -0.15) is 0 Å². The maximum atomic E-state index is 11.5. The Labute approximate surface area is 116 Å². The Bertz CT molecular complexity index is 372. The normalized spacial score (nSPS) is 9.21. The van der Waals surface area contributed by atoms with Crippen LogP contribution in [0.25, 0.3) is 0 Å². The van der Waals surface area contributed by atoms with E-state index < -0.39 is 0 Å². The third-order valence-corrected chi connectivity index (χ3v) is 2.38. The van der Waals surface area contributed by atoms with Crippen LogP contribution in [0.15, 0.2) is 36.9 Å². The molecule has 0 N–H and O–H groups in total. The highest BCUT2D eigenvalue weighted by atomic mass is 16.5. The molecule has 106 valence electrons. The first kappa shape index (κ1) is 17.4. The van der Waals surface area contributed by atoms with Gasteiger partial charge in [0.25, 0.3) is 0 Å². The van der Waals surface area contributed by atoms with Crippen LogP contribution in [-0.2, 0) is 16.1 Å². The summed E-state index contributed by atoms with van der Waals surface area (Å²) in [5.74, 6) is -0.324. The molecule has 0 fully saturated rings. The number of ether oxygens (including phenoxy) is 2. The summed E-state index contributed by atoms with van der Waals surface area (Å²) >= 11 is 0. The number of carbonyl (C=O) groups excluding carboxylic acids is 1. The first-order valence-corrected chi connectivity index (χ1v) is 6.64. The molecule has 0 aliphatic heterocycles. The number of benzene rings is 1. The minimum atomic E-state index is -0.324. The second-order valence-electron chi connectivity index (χ2n) is 3.63. The lowest BCUT2D eigenvalue weighted by atomic mass is 10.1. The van der Waals surface area contributed by atoms with Gasteiger partial charge in [0.05, 0.1) is 19.3 Å². The zero-order valence-electron chi connectivity index (χ0n) is 12.1. The highest BCUT2D eigenvalue weighted by molar-refractivity contribution is 5.90. The molecule has 0 aromatic heterocycles. The van der Waals surface area contributed by atoms with E-state index in [1.54, 1.807) is 6.07 Å². The van der Waals surface area contributed by atoms with Crippen molar-refractivity contribution in [1.82, 2.24) is 0 Å². The lowest BCUT2D eigenvalue weighted by molar-refractivity contribution is 0.0592. The lowest BCUT2D eigenvalue weighted by Crippen LogP contribution is -2.07. The highest BCUT2D eigenvalue weighted by Crippen LogP contribution is 2.11. The SMILES string of the molecule is C=CCCCOCc1ccccc1C(=O)OC.CC. The first-order valence-electron chi connectivity index (χ1n) is 6.64. The van der Waals surface area contributed by atoms with E-state index >= 15 is 0 Å². The summed E-state index contributed by atoms with van der Waals surface area (Å²) in [5, 5.41) is 0. The summed E-state index contributed by atoms with van der Waals surface area (Å²) in [5.41, 5.74) is 1.43. The van der Waals surface area contributed by atoms with Gasteiger partial charge in [-0.05, 0) is 24.5 Å². The van der Waals surface area contributed by atoms with Crippen molar-refractivity contribution >= 4 is 5.97 Å². The molecule has 3 heteroatoms. The van der Waals surface area contributed by atoms with Crippen LogP contribution in [0, 0.1) is 0 Å². The molecule has 0 aliphatic carbocycles. The summed E-state index contributed by atoms with van der Waals surface area (Å²) in [7, 11) is 1.38. The number of hydrogen-bond acceptors (Lipinski definition) is 3. The summed E-state index contributed by atoms with van der Waals surface area (Å²) in [6, 6.07) is 7.32. The minimum absolute atomic E-state index is 0.324. The molecular weight excluding hydrogens is 240 g/mol. The molecule has 1 aromatic rings. The van der Waals surface area contributed by atoms with E-state index in [0.717, 1.165) is 18.4 Å². The minimum Gasteiger partial charge on any atom is -0.465 e. The maximum absolute atomic E-state index is 11.5. The fraction of sp³-hybridized carbons (Fsp3) is 0.438. The van der Waals surface area contributed by atoms with E-state index in [0.29, 0.717) is 18.8 Å². The van der Waals surface area contributed by atoms with Crippen LogP contribution in [0.1, 0.15) is 42.6 Å². The standard InChI is InChI=1S/C14H18O3.C2H6/c1-3-4-7-10-17-11-12-8-5-6-9-13(12)14(15)16-2;1-2/h3,5-6,8-9H,1,4,7,10-11H2,2H3;1-2H3. The largest absolute Gasteiger partial charge is 0.465 e. The molecule has 0 bridgehead atoms. The van der Waals surface area contributed by atoms with E-state index in [4.69, 9.17) is 9.47 Å². The number of esters is 1. The van der Waals surface area contributed by atoms with Gasteiger partial charge >= 0.3 is 5.97 Å². The molecule has 0 aliphatic rings. The fourth-order valence-electron chi connectivity index (χ4n) is 1.47. The summed E-state index contributed by atoms with van der Waals surface area (Å²) in [6.45, 7) is 8.75. The quantitative estimate of drug-likeness (QED) is 0.424. The van der Waals surface area contributed by atoms with Gasteiger partial charge in [0, 0.05) is 6.61 Å². The average Bonchev–Trinajstić information content (AvgIpc) is 2.49. The van der Waals surface area contributed by atoms with Crippen LogP contribution in [0.5, 0.6) is 0 Å². The van der Waals surface area contributed by atoms with Gasteiger partial charge in [0.2, 0.25) is 0 Å². The Morgan fingerprint density at radius 3 is 2.63 bits per heavy atom. The van der Waals surface area contributed by atoms with Gasteiger partial charge in [0.1, 0.15) is 0 Å². The van der Waals surface area contributed by atoms with Crippen molar-refractivity contribution in [1.29, 1.82) is 0 Å². The molecule has 3 nitrogen and oxygen atoms in total. The van der Waals surface area contributed by atoms with Crippen molar-refractivity contribution in [2.24, 2.45) is 0 Å². The monoisotopic (exact) mass is 264 g/mol. The van der Waals surface area contributed by atoms with E-state index in [2.05, 4.69) is 6.58 Å². The van der Waals surface area contributed by atoms with Gasteiger partial charge in [-0.25, -0.2) is 4.79 Å². The van der Waals surface area contributed by atoms with E-state index in [-0.39, 0.29) is 5.97 Å². The number of unbranched alkanes of at least 4 members (excludes halogenated alkanes) is 1. The molecule has 19 heavy (non-hydrogen) atoms. The lowest BCUT2D eigenvalue weighted by Gasteiger charge is -2.08. The molecule has 0 radical (unpaired) electrons. The van der Waals surface area contributed by atoms with Crippen LogP contribution in [0.3, 0.4) is 0 Å². The third kappa shape index (κ3) is 6.77. The van der Waals surface area contributed by atoms with Crippen molar-refractivity contribution in [2.45, 2.75) is 33.3 Å². The van der Waals surface area contributed by atoms with Crippen molar-refractivity contribution in [3.63, 3.8) is 0 Å². The van der Waals surface area contributed by atoms with Crippen LogP contribution in [-0.4, -0.2) is 19.7 Å². The molecule has 0 saturated heterocycles. The molecule has 0 unspecified atom stereocenters. The zero-order valence-corrected chi connectivity index (χ0v) is 12.1. The van der Waals surface area contributed by atoms with Gasteiger partial charge in [0.15, 0.2) is 0 Å². The maximum Gasteiger partial charge on any atom is 0.338 e. The molecule has 0 atom stereocenters. The molecule has 0 saturated carbocycles. The fourth-order valence-corrected chi connectivity index (χ4v) is 1.47. The molecule has 0 heterocycles.